The highest BCUT2D eigenvalue weighted by Gasteiger charge is 2.20. The minimum atomic E-state index is -2.70. The van der Waals surface area contributed by atoms with Gasteiger partial charge in [0.25, 0.3) is 12.9 Å². The van der Waals surface area contributed by atoms with Gasteiger partial charge in [0, 0.05) is 11.1 Å². The third-order valence-corrected chi connectivity index (χ3v) is 3.17. The van der Waals surface area contributed by atoms with Crippen LogP contribution in [0.4, 0.5) is 17.6 Å². The minimum Gasteiger partial charge on any atom is -0.205 e. The summed E-state index contributed by atoms with van der Waals surface area (Å²) < 4.78 is 52.5. The molecule has 0 aliphatic carbocycles. The maximum absolute atomic E-state index is 13.1. The molecule has 2 rings (SSSR count). The molecule has 0 nitrogen and oxygen atoms in total. The summed E-state index contributed by atoms with van der Waals surface area (Å²) in [5.41, 5.74) is 1.26. The molecule has 0 spiro atoms. The SMILES string of the molecule is Cc1ccc(-c2ccc(C)cc2C(F)F)c(C(F)F)c1. The third-order valence-electron chi connectivity index (χ3n) is 3.17. The smallest absolute Gasteiger partial charge is 0.205 e. The van der Waals surface area contributed by atoms with Crippen molar-refractivity contribution < 1.29 is 17.6 Å². The zero-order valence-corrected chi connectivity index (χ0v) is 11.1. The summed E-state index contributed by atoms with van der Waals surface area (Å²) in [7, 11) is 0. The fraction of sp³-hybridized carbons (Fsp3) is 0.250. The second-order valence-electron chi connectivity index (χ2n) is 4.78. The standard InChI is InChI=1S/C16H14F4/c1-9-3-5-11(13(7-9)15(17)18)12-6-4-10(2)8-14(12)16(19)20/h3-8,15-16H,1-2H3. The van der Waals surface area contributed by atoms with Crippen molar-refractivity contribution in [1.29, 1.82) is 0 Å². The van der Waals surface area contributed by atoms with Gasteiger partial charge in [-0.3, -0.25) is 0 Å². The summed E-state index contributed by atoms with van der Waals surface area (Å²) in [5, 5.41) is 0. The molecule has 0 saturated carbocycles. The molecule has 2 aromatic carbocycles. The second kappa shape index (κ2) is 5.65. The van der Waals surface area contributed by atoms with Gasteiger partial charge in [-0.2, -0.15) is 0 Å². The monoisotopic (exact) mass is 282 g/mol. The Morgan fingerprint density at radius 2 is 1.00 bits per heavy atom. The van der Waals surface area contributed by atoms with Crippen molar-refractivity contribution in [2.75, 3.05) is 0 Å². The first-order valence-electron chi connectivity index (χ1n) is 6.18. The van der Waals surface area contributed by atoms with Gasteiger partial charge in [0.15, 0.2) is 0 Å². The Morgan fingerprint density at radius 1 is 0.650 bits per heavy atom. The van der Waals surface area contributed by atoms with Gasteiger partial charge in [-0.05, 0) is 37.1 Å². The lowest BCUT2D eigenvalue weighted by atomic mass is 9.93. The summed E-state index contributed by atoms with van der Waals surface area (Å²) in [6, 6.07) is 8.94. The number of hydrogen-bond acceptors (Lipinski definition) is 0. The van der Waals surface area contributed by atoms with Gasteiger partial charge in [-0.25, -0.2) is 17.6 Å². The largest absolute Gasteiger partial charge is 0.264 e. The van der Waals surface area contributed by atoms with Crippen LogP contribution in [0.2, 0.25) is 0 Å². The van der Waals surface area contributed by atoms with Crippen LogP contribution < -0.4 is 0 Å². The first-order valence-corrected chi connectivity index (χ1v) is 6.18. The van der Waals surface area contributed by atoms with Crippen molar-refractivity contribution in [3.63, 3.8) is 0 Å². The molecule has 4 heteroatoms. The Balaban J connectivity index is 2.68. The maximum Gasteiger partial charge on any atom is 0.264 e. The first kappa shape index (κ1) is 14.6. The van der Waals surface area contributed by atoms with Gasteiger partial charge in [0.05, 0.1) is 0 Å². The van der Waals surface area contributed by atoms with Crippen LogP contribution in [0.5, 0.6) is 0 Å². The Labute approximate surface area is 115 Å². The number of alkyl halides is 4. The van der Waals surface area contributed by atoms with E-state index in [-0.39, 0.29) is 22.3 Å². The maximum atomic E-state index is 13.1. The Hall–Kier alpha value is -1.84. The van der Waals surface area contributed by atoms with Gasteiger partial charge >= 0.3 is 0 Å². The van der Waals surface area contributed by atoms with E-state index in [2.05, 4.69) is 0 Å². The van der Waals surface area contributed by atoms with Crippen LogP contribution in [0.1, 0.15) is 35.1 Å². The van der Waals surface area contributed by atoms with E-state index in [1.807, 2.05) is 0 Å². The molecule has 0 radical (unpaired) electrons. The highest BCUT2D eigenvalue weighted by atomic mass is 19.3. The molecule has 0 saturated heterocycles. The van der Waals surface area contributed by atoms with Crippen molar-refractivity contribution in [3.05, 3.63) is 58.7 Å². The van der Waals surface area contributed by atoms with Crippen LogP contribution in [0, 0.1) is 13.8 Å². The van der Waals surface area contributed by atoms with Crippen LogP contribution in [-0.4, -0.2) is 0 Å². The lowest BCUT2D eigenvalue weighted by Crippen LogP contribution is -1.96. The molecule has 0 N–H and O–H groups in total. The van der Waals surface area contributed by atoms with Crippen LogP contribution >= 0.6 is 0 Å². The van der Waals surface area contributed by atoms with E-state index in [0.717, 1.165) is 0 Å². The Bertz CT molecular complexity index is 562. The fourth-order valence-electron chi connectivity index (χ4n) is 2.22. The Morgan fingerprint density at radius 3 is 1.30 bits per heavy atom. The average molecular weight is 282 g/mol. The number of benzene rings is 2. The molecule has 0 bridgehead atoms. The molecular weight excluding hydrogens is 268 g/mol. The zero-order chi connectivity index (χ0) is 14.9. The van der Waals surface area contributed by atoms with Crippen molar-refractivity contribution in [2.24, 2.45) is 0 Å². The van der Waals surface area contributed by atoms with Crippen LogP contribution in [0.3, 0.4) is 0 Å². The van der Waals surface area contributed by atoms with E-state index in [1.165, 1.54) is 24.3 Å². The van der Waals surface area contributed by atoms with Crippen molar-refractivity contribution >= 4 is 0 Å². The van der Waals surface area contributed by atoms with E-state index in [4.69, 9.17) is 0 Å². The lowest BCUT2D eigenvalue weighted by molar-refractivity contribution is 0.149. The van der Waals surface area contributed by atoms with E-state index < -0.39 is 12.9 Å². The second-order valence-corrected chi connectivity index (χ2v) is 4.78. The Kier molecular flexibility index (Phi) is 4.12. The van der Waals surface area contributed by atoms with E-state index in [9.17, 15) is 17.6 Å². The quantitative estimate of drug-likeness (QED) is 0.620. The van der Waals surface area contributed by atoms with Gasteiger partial charge < -0.3 is 0 Å². The van der Waals surface area contributed by atoms with Crippen LogP contribution in [0.15, 0.2) is 36.4 Å². The molecule has 0 amide bonds. The van der Waals surface area contributed by atoms with Crippen LogP contribution in [0.25, 0.3) is 11.1 Å². The molecule has 0 aromatic heterocycles. The molecule has 0 heterocycles. The molecule has 0 aliphatic heterocycles. The van der Waals surface area contributed by atoms with Gasteiger partial charge in [0.1, 0.15) is 0 Å². The van der Waals surface area contributed by atoms with Gasteiger partial charge in [-0.15, -0.1) is 0 Å². The lowest BCUT2D eigenvalue weighted by Gasteiger charge is -2.14. The van der Waals surface area contributed by atoms with Crippen molar-refractivity contribution in [2.45, 2.75) is 26.7 Å². The molecule has 0 unspecified atom stereocenters. The van der Waals surface area contributed by atoms with Crippen molar-refractivity contribution in [3.8, 4) is 11.1 Å². The average Bonchev–Trinajstić information content (AvgIpc) is 2.38. The molecular formula is C16H14F4. The molecule has 2 aromatic rings. The van der Waals surface area contributed by atoms with E-state index in [0.29, 0.717) is 11.1 Å². The molecule has 106 valence electrons. The molecule has 20 heavy (non-hydrogen) atoms. The minimum absolute atomic E-state index is 0.168. The highest BCUT2D eigenvalue weighted by molar-refractivity contribution is 5.72. The predicted molar refractivity (Wildman–Crippen MR) is 71.3 cm³/mol. The third kappa shape index (κ3) is 2.84. The van der Waals surface area contributed by atoms with Gasteiger partial charge in [-0.1, -0.05) is 35.4 Å². The zero-order valence-electron chi connectivity index (χ0n) is 11.1. The molecule has 0 atom stereocenters. The normalized spacial score (nSPS) is 11.4. The number of halogens is 4. The summed E-state index contributed by atoms with van der Waals surface area (Å²) in [5.74, 6) is 0. The molecule has 0 aliphatic rings. The summed E-state index contributed by atoms with van der Waals surface area (Å²) >= 11 is 0. The number of aryl methyl sites for hydroxylation is 2. The van der Waals surface area contributed by atoms with Crippen molar-refractivity contribution in [1.82, 2.24) is 0 Å². The number of rotatable bonds is 3. The van der Waals surface area contributed by atoms with Gasteiger partial charge in [0.2, 0.25) is 0 Å². The molecule has 0 fully saturated rings. The first-order chi connectivity index (χ1) is 9.40. The highest BCUT2D eigenvalue weighted by Crippen LogP contribution is 2.37. The van der Waals surface area contributed by atoms with Crippen LogP contribution in [-0.2, 0) is 0 Å². The summed E-state index contributed by atoms with van der Waals surface area (Å²) in [4.78, 5) is 0. The topological polar surface area (TPSA) is 0 Å². The van der Waals surface area contributed by atoms with E-state index in [1.54, 1.807) is 26.0 Å². The number of hydrogen-bond donors (Lipinski definition) is 0. The predicted octanol–water partition coefficient (Wildman–Crippen LogP) is 5.85. The van der Waals surface area contributed by atoms with E-state index >= 15 is 0 Å². The summed E-state index contributed by atoms with van der Waals surface area (Å²) in [6.07, 6.45) is -5.39. The fourth-order valence-corrected chi connectivity index (χ4v) is 2.22. The summed E-state index contributed by atoms with van der Waals surface area (Å²) in [6.45, 7) is 3.39.